The van der Waals surface area contributed by atoms with Gasteiger partial charge in [-0.3, -0.25) is 9.34 Å². The Balaban J connectivity index is 2.74. The molecule has 1 fully saturated rings. The Hall–Kier alpha value is -0.0900. The lowest BCUT2D eigenvalue weighted by molar-refractivity contribution is 0.431. The molecule has 0 saturated heterocycles. The lowest BCUT2D eigenvalue weighted by Gasteiger charge is -2.33. The van der Waals surface area contributed by atoms with E-state index in [1.807, 2.05) is 0 Å². The van der Waals surface area contributed by atoms with E-state index in [4.69, 9.17) is 0 Å². The highest BCUT2D eigenvalue weighted by molar-refractivity contribution is 7.58. The van der Waals surface area contributed by atoms with E-state index in [0.717, 1.165) is 26.2 Å². The van der Waals surface area contributed by atoms with E-state index in [2.05, 4.69) is 48.6 Å². The van der Waals surface area contributed by atoms with Gasteiger partial charge in [-0.15, -0.1) is 0 Å². The van der Waals surface area contributed by atoms with Gasteiger partial charge in [-0.25, -0.2) is 0 Å². The lowest BCUT2D eigenvalue weighted by Crippen LogP contribution is -2.28. The fourth-order valence-corrected chi connectivity index (χ4v) is 4.53. The van der Waals surface area contributed by atoms with Gasteiger partial charge in [0.25, 0.3) is 0 Å². The Bertz CT molecular complexity index is 256. The molecule has 0 spiro atoms. The van der Waals surface area contributed by atoms with Crippen LogP contribution < -0.4 is 0 Å². The minimum atomic E-state index is -0.399. The quantitative estimate of drug-likeness (QED) is 0.528. The second-order valence-electron chi connectivity index (χ2n) is 4.80. The third-order valence-corrected chi connectivity index (χ3v) is 6.25. The Kier molecular flexibility index (Phi) is 7.91. The van der Waals surface area contributed by atoms with E-state index >= 15 is 0 Å². The highest BCUT2D eigenvalue weighted by Gasteiger charge is 2.20. The van der Waals surface area contributed by atoms with Gasteiger partial charge >= 0.3 is 0 Å². The molecular weight excluding hydrogens is 239 g/mol. The van der Waals surface area contributed by atoms with Crippen molar-refractivity contribution in [2.45, 2.75) is 53.4 Å². The fraction of sp³-hybridized carbons (Fsp3) is 0.867. The van der Waals surface area contributed by atoms with Crippen LogP contribution in [0.5, 0.6) is 0 Å². The second kappa shape index (κ2) is 8.92. The second-order valence-corrected chi connectivity index (χ2v) is 6.74. The van der Waals surface area contributed by atoms with Crippen molar-refractivity contribution >= 4 is 8.22 Å². The van der Waals surface area contributed by atoms with Crippen molar-refractivity contribution in [2.75, 3.05) is 26.2 Å². The molecule has 104 valence electrons. The molecule has 1 aliphatic carbocycles. The van der Waals surface area contributed by atoms with Gasteiger partial charge in [0, 0.05) is 32.1 Å². The van der Waals surface area contributed by atoms with Crippen LogP contribution in [-0.2, 0) is 0 Å². The minimum absolute atomic E-state index is 0.399. The van der Waals surface area contributed by atoms with E-state index in [1.54, 1.807) is 0 Å². The summed E-state index contributed by atoms with van der Waals surface area (Å²) in [5, 5.41) is 0. The summed E-state index contributed by atoms with van der Waals surface area (Å²) < 4.78 is 5.06. The molecule has 0 aromatic rings. The maximum Gasteiger partial charge on any atom is 0.121 e. The van der Waals surface area contributed by atoms with Crippen molar-refractivity contribution in [1.29, 1.82) is 0 Å². The Morgan fingerprint density at radius 2 is 1.33 bits per heavy atom. The number of rotatable bonds is 6. The maximum atomic E-state index is 3.63. The smallest absolute Gasteiger partial charge is 0.121 e. The molecule has 3 heteroatoms. The molecule has 0 bridgehead atoms. The average molecular weight is 268 g/mol. The van der Waals surface area contributed by atoms with Crippen molar-refractivity contribution in [2.24, 2.45) is 5.92 Å². The molecule has 0 radical (unpaired) electrons. The van der Waals surface area contributed by atoms with Crippen LogP contribution >= 0.6 is 8.22 Å². The van der Waals surface area contributed by atoms with E-state index in [9.17, 15) is 0 Å². The van der Waals surface area contributed by atoms with Crippen molar-refractivity contribution in [1.82, 2.24) is 9.34 Å². The zero-order valence-electron chi connectivity index (χ0n) is 12.6. The molecular formula is C15H29N2P. The highest BCUT2D eigenvalue weighted by atomic mass is 31.1. The van der Waals surface area contributed by atoms with Crippen LogP contribution in [-0.4, -0.2) is 35.5 Å². The topological polar surface area (TPSA) is 6.48 Å². The first-order valence-electron chi connectivity index (χ1n) is 7.57. The lowest BCUT2D eigenvalue weighted by atomic mass is 10.1. The standard InChI is InChI=1S/C15H29N2P/c1-5-16(6-2)18(17(7-3)8-4)14-13-15-11-9-10-12-15/h15H,5-12H2,1-4H3. The Morgan fingerprint density at radius 3 is 1.72 bits per heavy atom. The average Bonchev–Trinajstić information content (AvgIpc) is 2.91. The van der Waals surface area contributed by atoms with Crippen LogP contribution in [0.1, 0.15) is 53.4 Å². The van der Waals surface area contributed by atoms with Crippen LogP contribution in [0.4, 0.5) is 0 Å². The Labute approximate surface area is 115 Å². The van der Waals surface area contributed by atoms with Gasteiger partial charge in [0.2, 0.25) is 0 Å². The first-order chi connectivity index (χ1) is 8.76. The highest BCUT2D eigenvalue weighted by Crippen LogP contribution is 2.42. The summed E-state index contributed by atoms with van der Waals surface area (Å²) in [4.78, 5) is 0. The number of nitrogens with zero attached hydrogens (tertiary/aromatic N) is 2. The maximum absolute atomic E-state index is 3.63. The number of hydrogen-bond acceptors (Lipinski definition) is 2. The molecule has 0 atom stereocenters. The summed E-state index contributed by atoms with van der Waals surface area (Å²) in [7, 11) is -0.399. The van der Waals surface area contributed by atoms with Crippen LogP contribution in [0, 0.1) is 17.5 Å². The van der Waals surface area contributed by atoms with Crippen LogP contribution in [0.3, 0.4) is 0 Å². The Morgan fingerprint density at radius 1 is 0.889 bits per heavy atom. The van der Waals surface area contributed by atoms with Gasteiger partial charge in [-0.1, -0.05) is 46.5 Å². The molecule has 0 aliphatic heterocycles. The molecule has 2 nitrogen and oxygen atoms in total. The molecule has 0 aromatic carbocycles. The third kappa shape index (κ3) is 4.54. The minimum Gasteiger partial charge on any atom is -0.260 e. The SMILES string of the molecule is CCN(CC)P(C#CC1CCCC1)N(CC)CC. The fourth-order valence-electron chi connectivity index (χ4n) is 2.52. The van der Waals surface area contributed by atoms with Crippen LogP contribution in [0.2, 0.25) is 0 Å². The van der Waals surface area contributed by atoms with Crippen LogP contribution in [0.25, 0.3) is 0 Å². The molecule has 0 heterocycles. The number of hydrogen-bond donors (Lipinski definition) is 0. The zero-order chi connectivity index (χ0) is 13.4. The van der Waals surface area contributed by atoms with Gasteiger partial charge in [0.15, 0.2) is 0 Å². The summed E-state index contributed by atoms with van der Waals surface area (Å²) in [6.45, 7) is 13.4. The first kappa shape index (κ1) is 16.0. The summed E-state index contributed by atoms with van der Waals surface area (Å²) in [5.74, 6) is 4.26. The van der Waals surface area contributed by atoms with E-state index in [1.165, 1.54) is 25.7 Å². The first-order valence-corrected chi connectivity index (χ1v) is 8.82. The largest absolute Gasteiger partial charge is 0.260 e. The molecule has 1 rings (SSSR count). The molecule has 1 saturated carbocycles. The summed E-state index contributed by atoms with van der Waals surface area (Å²) >= 11 is 0. The van der Waals surface area contributed by atoms with Crippen LogP contribution in [0.15, 0.2) is 0 Å². The van der Waals surface area contributed by atoms with Crippen molar-refractivity contribution in [3.63, 3.8) is 0 Å². The molecule has 18 heavy (non-hydrogen) atoms. The third-order valence-electron chi connectivity index (χ3n) is 3.72. The molecule has 0 unspecified atom stereocenters. The summed E-state index contributed by atoms with van der Waals surface area (Å²) in [5.41, 5.74) is 3.63. The van der Waals surface area contributed by atoms with E-state index < -0.39 is 8.22 Å². The monoisotopic (exact) mass is 268 g/mol. The predicted octanol–water partition coefficient (Wildman–Crippen LogP) is 4.13. The van der Waals surface area contributed by atoms with Crippen molar-refractivity contribution in [3.05, 3.63) is 0 Å². The van der Waals surface area contributed by atoms with Gasteiger partial charge in [0.1, 0.15) is 8.22 Å². The molecule has 1 aliphatic rings. The molecule has 0 aromatic heterocycles. The van der Waals surface area contributed by atoms with Crippen molar-refractivity contribution < 1.29 is 0 Å². The normalized spacial score (nSPS) is 16.6. The van der Waals surface area contributed by atoms with Gasteiger partial charge < -0.3 is 0 Å². The summed E-state index contributed by atoms with van der Waals surface area (Å²) in [6, 6.07) is 0. The van der Waals surface area contributed by atoms with Gasteiger partial charge in [-0.05, 0) is 18.5 Å². The van der Waals surface area contributed by atoms with Crippen molar-refractivity contribution in [3.8, 4) is 11.6 Å². The summed E-state index contributed by atoms with van der Waals surface area (Å²) in [6.07, 6.45) is 5.42. The predicted molar refractivity (Wildman–Crippen MR) is 82.5 cm³/mol. The zero-order valence-corrected chi connectivity index (χ0v) is 13.5. The van der Waals surface area contributed by atoms with E-state index in [-0.39, 0.29) is 0 Å². The molecule has 0 N–H and O–H groups in total. The van der Waals surface area contributed by atoms with Gasteiger partial charge in [0.05, 0.1) is 0 Å². The van der Waals surface area contributed by atoms with Gasteiger partial charge in [-0.2, -0.15) is 0 Å². The van der Waals surface area contributed by atoms with E-state index in [0.29, 0.717) is 5.92 Å². The molecule has 0 amide bonds.